The molecule has 1 aromatic heterocycles. The van der Waals surface area contributed by atoms with Crippen LogP contribution in [0.3, 0.4) is 0 Å². The van der Waals surface area contributed by atoms with Crippen molar-refractivity contribution in [2.45, 2.75) is 6.92 Å². The van der Waals surface area contributed by atoms with E-state index in [2.05, 4.69) is 20.9 Å². The van der Waals surface area contributed by atoms with Gasteiger partial charge >= 0.3 is 0 Å². The van der Waals surface area contributed by atoms with E-state index in [1.807, 2.05) is 6.92 Å². The monoisotopic (exact) mass is 300 g/mol. The zero-order valence-corrected chi connectivity index (χ0v) is 11.7. The first kappa shape index (κ1) is 14.1. The fourth-order valence-corrected chi connectivity index (χ4v) is 1.93. The van der Waals surface area contributed by atoms with Crippen LogP contribution in [0.2, 0.25) is 0 Å². The van der Waals surface area contributed by atoms with Crippen LogP contribution in [0, 0.1) is 6.92 Å². The summed E-state index contributed by atoms with van der Waals surface area (Å²) in [6.07, 6.45) is 1.69. The third kappa shape index (κ3) is 4.09. The Bertz CT molecular complexity index is 371. The maximum atomic E-state index is 12.3. The van der Waals surface area contributed by atoms with Gasteiger partial charge in [0.25, 0.3) is 5.91 Å². The minimum atomic E-state index is 0.00657. The molecule has 94 valence electrons. The number of pyridine rings is 1. The number of carbonyl (C=O) groups excluding carboxylic acids is 1. The highest BCUT2D eigenvalue weighted by Crippen LogP contribution is 2.08. The highest BCUT2D eigenvalue weighted by Gasteiger charge is 2.16. The summed E-state index contributed by atoms with van der Waals surface area (Å²) in [6.45, 7) is 3.64. The SMILES string of the molecule is COCCN(CCBr)C(=O)c1cccnc1C. The van der Waals surface area contributed by atoms with Crippen molar-refractivity contribution >= 4 is 21.8 Å². The van der Waals surface area contributed by atoms with Crippen LogP contribution in [0.5, 0.6) is 0 Å². The molecule has 0 saturated heterocycles. The highest BCUT2D eigenvalue weighted by molar-refractivity contribution is 9.09. The fourth-order valence-electron chi connectivity index (χ4n) is 1.50. The molecule has 0 saturated carbocycles. The molecule has 1 heterocycles. The Morgan fingerprint density at radius 2 is 2.29 bits per heavy atom. The van der Waals surface area contributed by atoms with Gasteiger partial charge in [0.2, 0.25) is 0 Å². The van der Waals surface area contributed by atoms with Gasteiger partial charge in [-0.2, -0.15) is 0 Å². The molecular weight excluding hydrogens is 284 g/mol. The summed E-state index contributed by atoms with van der Waals surface area (Å²) in [6, 6.07) is 3.58. The maximum Gasteiger partial charge on any atom is 0.255 e. The van der Waals surface area contributed by atoms with Crippen LogP contribution in [0.4, 0.5) is 0 Å². The number of hydrogen-bond acceptors (Lipinski definition) is 3. The van der Waals surface area contributed by atoms with Crippen molar-refractivity contribution in [3.63, 3.8) is 0 Å². The zero-order chi connectivity index (χ0) is 12.7. The summed E-state index contributed by atoms with van der Waals surface area (Å²) in [5.41, 5.74) is 1.42. The van der Waals surface area contributed by atoms with Crippen molar-refractivity contribution in [3.05, 3.63) is 29.6 Å². The van der Waals surface area contributed by atoms with Gasteiger partial charge in [-0.1, -0.05) is 15.9 Å². The lowest BCUT2D eigenvalue weighted by atomic mass is 10.2. The van der Waals surface area contributed by atoms with Crippen LogP contribution >= 0.6 is 15.9 Å². The molecular formula is C12H17BrN2O2. The summed E-state index contributed by atoms with van der Waals surface area (Å²) < 4.78 is 5.01. The third-order valence-corrected chi connectivity index (χ3v) is 2.80. The number of methoxy groups -OCH3 is 1. The second kappa shape index (κ2) is 7.40. The lowest BCUT2D eigenvalue weighted by Crippen LogP contribution is -2.35. The van der Waals surface area contributed by atoms with Gasteiger partial charge < -0.3 is 9.64 Å². The standard InChI is InChI=1S/C12H17BrN2O2/c1-10-11(4-3-6-14-10)12(16)15(7-5-13)8-9-17-2/h3-4,6H,5,7-9H2,1-2H3. The molecule has 1 rings (SSSR count). The van der Waals surface area contributed by atoms with E-state index in [-0.39, 0.29) is 5.91 Å². The lowest BCUT2D eigenvalue weighted by molar-refractivity contribution is 0.0707. The second-order valence-electron chi connectivity index (χ2n) is 3.61. The molecule has 0 atom stereocenters. The Labute approximate surface area is 110 Å². The minimum absolute atomic E-state index is 0.00657. The highest BCUT2D eigenvalue weighted by atomic mass is 79.9. The van der Waals surface area contributed by atoms with Crippen LogP contribution in [0.15, 0.2) is 18.3 Å². The Kier molecular flexibility index (Phi) is 6.15. The number of hydrogen-bond donors (Lipinski definition) is 0. The molecule has 0 spiro atoms. The number of nitrogens with zero attached hydrogens (tertiary/aromatic N) is 2. The number of carbonyl (C=O) groups is 1. The molecule has 17 heavy (non-hydrogen) atoms. The van der Waals surface area contributed by atoms with Gasteiger partial charge in [-0.3, -0.25) is 9.78 Å². The first-order valence-electron chi connectivity index (χ1n) is 5.46. The van der Waals surface area contributed by atoms with E-state index in [0.29, 0.717) is 25.3 Å². The summed E-state index contributed by atoms with van der Waals surface area (Å²) in [5, 5.41) is 0.752. The van der Waals surface area contributed by atoms with E-state index >= 15 is 0 Å². The van der Waals surface area contributed by atoms with Crippen LogP contribution in [-0.2, 0) is 4.74 Å². The summed E-state index contributed by atoms with van der Waals surface area (Å²) in [4.78, 5) is 18.2. The molecule has 0 bridgehead atoms. The van der Waals surface area contributed by atoms with Crippen molar-refractivity contribution in [2.75, 3.05) is 32.1 Å². The molecule has 0 radical (unpaired) electrons. The average molecular weight is 301 g/mol. The fraction of sp³-hybridized carbons (Fsp3) is 0.500. The number of alkyl halides is 1. The number of rotatable bonds is 6. The van der Waals surface area contributed by atoms with Gasteiger partial charge in [-0.05, 0) is 19.1 Å². The second-order valence-corrected chi connectivity index (χ2v) is 4.40. The summed E-state index contributed by atoms with van der Waals surface area (Å²) in [5.74, 6) is 0.00657. The Morgan fingerprint density at radius 3 is 2.88 bits per heavy atom. The number of ether oxygens (including phenoxy) is 1. The van der Waals surface area contributed by atoms with Gasteiger partial charge in [0, 0.05) is 37.4 Å². The zero-order valence-electron chi connectivity index (χ0n) is 10.1. The average Bonchev–Trinajstić information content (AvgIpc) is 2.34. The smallest absolute Gasteiger partial charge is 0.255 e. The number of amides is 1. The van der Waals surface area contributed by atoms with Crippen LogP contribution < -0.4 is 0 Å². The Hall–Kier alpha value is -0.940. The molecule has 0 unspecified atom stereocenters. The van der Waals surface area contributed by atoms with Crippen molar-refractivity contribution in [1.82, 2.24) is 9.88 Å². The van der Waals surface area contributed by atoms with Gasteiger partial charge in [-0.15, -0.1) is 0 Å². The van der Waals surface area contributed by atoms with Crippen molar-refractivity contribution < 1.29 is 9.53 Å². The predicted octanol–water partition coefficient (Wildman–Crippen LogP) is 1.87. The molecule has 0 aliphatic carbocycles. The first-order valence-corrected chi connectivity index (χ1v) is 6.58. The van der Waals surface area contributed by atoms with Crippen molar-refractivity contribution in [2.24, 2.45) is 0 Å². The Morgan fingerprint density at radius 1 is 1.53 bits per heavy atom. The molecule has 5 heteroatoms. The number of aromatic nitrogens is 1. The molecule has 0 aliphatic heterocycles. The quantitative estimate of drug-likeness (QED) is 0.753. The van der Waals surface area contributed by atoms with Gasteiger partial charge in [-0.25, -0.2) is 0 Å². The first-order chi connectivity index (χ1) is 8.20. The van der Waals surface area contributed by atoms with Crippen LogP contribution in [-0.4, -0.2) is 47.9 Å². The Balaban J connectivity index is 2.80. The predicted molar refractivity (Wildman–Crippen MR) is 70.5 cm³/mol. The molecule has 0 aliphatic rings. The van der Waals surface area contributed by atoms with Crippen LogP contribution in [0.25, 0.3) is 0 Å². The van der Waals surface area contributed by atoms with Crippen molar-refractivity contribution in [3.8, 4) is 0 Å². The van der Waals surface area contributed by atoms with Gasteiger partial charge in [0.1, 0.15) is 0 Å². The van der Waals surface area contributed by atoms with E-state index in [1.165, 1.54) is 0 Å². The molecule has 0 aromatic carbocycles. The molecule has 1 aromatic rings. The van der Waals surface area contributed by atoms with Gasteiger partial charge in [0.05, 0.1) is 12.2 Å². The molecule has 1 amide bonds. The summed E-state index contributed by atoms with van der Waals surface area (Å²) in [7, 11) is 1.63. The number of halogens is 1. The largest absolute Gasteiger partial charge is 0.383 e. The van der Waals surface area contributed by atoms with Crippen molar-refractivity contribution in [1.29, 1.82) is 0 Å². The lowest BCUT2D eigenvalue weighted by Gasteiger charge is -2.21. The van der Waals surface area contributed by atoms with E-state index in [4.69, 9.17) is 4.74 Å². The topological polar surface area (TPSA) is 42.4 Å². The van der Waals surface area contributed by atoms with Crippen LogP contribution in [0.1, 0.15) is 16.1 Å². The summed E-state index contributed by atoms with van der Waals surface area (Å²) >= 11 is 3.35. The van der Waals surface area contributed by atoms with Gasteiger partial charge in [0.15, 0.2) is 0 Å². The molecule has 0 N–H and O–H groups in total. The maximum absolute atomic E-state index is 12.3. The van der Waals surface area contributed by atoms with E-state index in [9.17, 15) is 4.79 Å². The van der Waals surface area contributed by atoms with E-state index in [0.717, 1.165) is 11.0 Å². The third-order valence-electron chi connectivity index (χ3n) is 2.44. The minimum Gasteiger partial charge on any atom is -0.383 e. The normalized spacial score (nSPS) is 10.3. The molecule has 4 nitrogen and oxygen atoms in total. The van der Waals surface area contributed by atoms with E-state index < -0.39 is 0 Å². The number of aryl methyl sites for hydroxylation is 1. The van der Waals surface area contributed by atoms with E-state index in [1.54, 1.807) is 30.3 Å². The molecule has 0 fully saturated rings.